The van der Waals surface area contributed by atoms with Crippen LogP contribution >= 0.6 is 0 Å². The number of amides is 2. The molecule has 2 amide bonds. The van der Waals surface area contributed by atoms with Gasteiger partial charge in [0.15, 0.2) is 0 Å². The Bertz CT molecular complexity index is 1220. The Kier molecular flexibility index (Phi) is 6.86. The van der Waals surface area contributed by atoms with Gasteiger partial charge in [-0.2, -0.15) is 5.10 Å². The van der Waals surface area contributed by atoms with Crippen molar-refractivity contribution in [2.45, 2.75) is 32.2 Å². The Morgan fingerprint density at radius 3 is 2.23 bits per heavy atom. The summed E-state index contributed by atoms with van der Waals surface area (Å²) in [5, 5.41) is 18.6. The number of nitrogens with one attached hydrogen (secondary N) is 2. The van der Waals surface area contributed by atoms with Crippen LogP contribution in [-0.2, 0) is 16.6 Å². The zero-order valence-corrected chi connectivity index (χ0v) is 19.8. The summed E-state index contributed by atoms with van der Waals surface area (Å²) >= 11 is 0. The lowest BCUT2D eigenvalue weighted by atomic mass is 9.98. The van der Waals surface area contributed by atoms with Crippen LogP contribution in [0.15, 0.2) is 54.7 Å². The largest absolute Gasteiger partial charge is 0.480 e. The smallest absolute Gasteiger partial charge is 0.412 e. The number of anilines is 1. The monoisotopic (exact) mass is 476 g/mol. The van der Waals surface area contributed by atoms with Crippen molar-refractivity contribution < 1.29 is 24.2 Å². The number of nitrogens with zero attached hydrogens (tertiary/aromatic N) is 2. The van der Waals surface area contributed by atoms with Gasteiger partial charge < -0.3 is 15.2 Å². The summed E-state index contributed by atoms with van der Waals surface area (Å²) in [5.41, 5.74) is 4.48. The van der Waals surface area contributed by atoms with Crippen molar-refractivity contribution in [3.8, 4) is 11.1 Å². The quantitative estimate of drug-likeness (QED) is 0.452. The molecule has 0 saturated carbocycles. The topological polar surface area (TPSA) is 123 Å². The van der Waals surface area contributed by atoms with E-state index in [1.165, 1.54) is 10.9 Å². The molecule has 0 spiro atoms. The van der Waals surface area contributed by atoms with Gasteiger partial charge in [0.05, 0.1) is 6.20 Å². The Labute approximate surface area is 203 Å². The van der Waals surface area contributed by atoms with Crippen LogP contribution in [0, 0.1) is 5.92 Å². The fourth-order valence-corrected chi connectivity index (χ4v) is 4.41. The molecular formula is C26H28N4O5. The van der Waals surface area contributed by atoms with Crippen molar-refractivity contribution in [1.29, 1.82) is 0 Å². The van der Waals surface area contributed by atoms with Crippen molar-refractivity contribution in [3.05, 3.63) is 71.4 Å². The van der Waals surface area contributed by atoms with E-state index in [4.69, 9.17) is 4.74 Å². The first-order valence-corrected chi connectivity index (χ1v) is 11.4. The number of carboxylic acid groups (broad SMARTS) is 1. The molecule has 35 heavy (non-hydrogen) atoms. The van der Waals surface area contributed by atoms with E-state index in [-0.39, 0.29) is 36.2 Å². The summed E-state index contributed by atoms with van der Waals surface area (Å²) in [6, 6.07) is 15.0. The van der Waals surface area contributed by atoms with E-state index in [0.29, 0.717) is 0 Å². The lowest BCUT2D eigenvalue weighted by Gasteiger charge is -2.17. The number of aromatic nitrogens is 2. The van der Waals surface area contributed by atoms with Gasteiger partial charge in [0.25, 0.3) is 5.91 Å². The highest BCUT2D eigenvalue weighted by molar-refractivity contribution is 6.02. The van der Waals surface area contributed by atoms with Gasteiger partial charge in [-0.15, -0.1) is 0 Å². The third kappa shape index (κ3) is 5.03. The van der Waals surface area contributed by atoms with E-state index in [2.05, 4.69) is 27.9 Å². The minimum atomic E-state index is -1.12. The molecule has 182 valence electrons. The van der Waals surface area contributed by atoms with E-state index in [1.807, 2.05) is 50.2 Å². The Hall–Kier alpha value is -4.14. The van der Waals surface area contributed by atoms with Crippen molar-refractivity contribution in [2.24, 2.45) is 13.0 Å². The van der Waals surface area contributed by atoms with Crippen LogP contribution in [0.4, 0.5) is 10.6 Å². The first kappa shape index (κ1) is 24.0. The summed E-state index contributed by atoms with van der Waals surface area (Å²) < 4.78 is 6.89. The Morgan fingerprint density at radius 1 is 1.06 bits per heavy atom. The molecule has 1 unspecified atom stereocenters. The number of carbonyl (C=O) groups is 3. The standard InChI is InChI=1S/C26H28N4O5/c1-15(2)12-22(25(32)33)28-24(31)20-13-27-30(3)23(20)29-26(34)35-14-21-18-10-6-4-8-16(18)17-9-5-7-11-19(17)21/h4-11,13,15,21-22H,12,14H2,1-3H3,(H,28,31)(H,29,34)(H,32,33). The molecule has 9 nitrogen and oxygen atoms in total. The molecule has 0 fully saturated rings. The Balaban J connectivity index is 1.45. The second-order valence-electron chi connectivity index (χ2n) is 8.97. The number of benzene rings is 2. The third-order valence-electron chi connectivity index (χ3n) is 6.06. The van der Waals surface area contributed by atoms with Crippen LogP contribution in [0.3, 0.4) is 0 Å². The van der Waals surface area contributed by atoms with Crippen LogP contribution in [0.2, 0.25) is 0 Å². The second kappa shape index (κ2) is 10.0. The predicted octanol–water partition coefficient (Wildman–Crippen LogP) is 4.01. The van der Waals surface area contributed by atoms with Gasteiger partial charge >= 0.3 is 12.1 Å². The summed E-state index contributed by atoms with van der Waals surface area (Å²) in [7, 11) is 1.57. The van der Waals surface area contributed by atoms with Crippen LogP contribution in [0.25, 0.3) is 11.1 Å². The van der Waals surface area contributed by atoms with Crippen molar-refractivity contribution in [3.63, 3.8) is 0 Å². The molecule has 9 heteroatoms. The fourth-order valence-electron chi connectivity index (χ4n) is 4.41. The first-order valence-electron chi connectivity index (χ1n) is 11.4. The average Bonchev–Trinajstić information content (AvgIpc) is 3.34. The number of ether oxygens (including phenoxy) is 1. The number of rotatable bonds is 8. The third-order valence-corrected chi connectivity index (χ3v) is 6.06. The number of aryl methyl sites for hydroxylation is 1. The van der Waals surface area contributed by atoms with E-state index in [1.54, 1.807) is 7.05 Å². The number of fused-ring (bicyclic) bond motifs is 3. The Morgan fingerprint density at radius 2 is 1.66 bits per heavy atom. The summed E-state index contributed by atoms with van der Waals surface area (Å²) in [6.45, 7) is 3.86. The van der Waals surface area contributed by atoms with Crippen molar-refractivity contribution in [2.75, 3.05) is 11.9 Å². The zero-order valence-electron chi connectivity index (χ0n) is 19.8. The number of carboxylic acids is 1. The van der Waals surface area contributed by atoms with Gasteiger partial charge in [-0.05, 0) is 34.6 Å². The maximum absolute atomic E-state index is 12.8. The van der Waals surface area contributed by atoms with Crippen LogP contribution in [0.1, 0.15) is 47.7 Å². The number of carbonyl (C=O) groups excluding carboxylic acids is 2. The molecule has 0 aliphatic heterocycles. The molecule has 0 radical (unpaired) electrons. The van der Waals surface area contributed by atoms with E-state index >= 15 is 0 Å². The summed E-state index contributed by atoms with van der Waals surface area (Å²) in [4.78, 5) is 37.0. The van der Waals surface area contributed by atoms with Crippen LogP contribution < -0.4 is 10.6 Å². The molecule has 1 aliphatic rings. The minimum Gasteiger partial charge on any atom is -0.480 e. The van der Waals surface area contributed by atoms with E-state index < -0.39 is 24.0 Å². The molecule has 0 saturated heterocycles. The fraction of sp³-hybridized carbons (Fsp3) is 0.308. The molecule has 4 rings (SSSR count). The molecule has 0 bridgehead atoms. The second-order valence-corrected chi connectivity index (χ2v) is 8.97. The highest BCUT2D eigenvalue weighted by Crippen LogP contribution is 2.44. The normalized spacial score (nSPS) is 13.1. The highest BCUT2D eigenvalue weighted by Gasteiger charge is 2.30. The highest BCUT2D eigenvalue weighted by atomic mass is 16.5. The van der Waals surface area contributed by atoms with Gasteiger partial charge in [0.2, 0.25) is 0 Å². The molecule has 2 aromatic carbocycles. The van der Waals surface area contributed by atoms with E-state index in [0.717, 1.165) is 22.3 Å². The number of aliphatic carboxylic acids is 1. The number of hydrogen-bond acceptors (Lipinski definition) is 5. The maximum Gasteiger partial charge on any atom is 0.412 e. The van der Waals surface area contributed by atoms with Crippen molar-refractivity contribution >= 4 is 23.8 Å². The van der Waals surface area contributed by atoms with Crippen LogP contribution in [0.5, 0.6) is 0 Å². The molecule has 1 aromatic heterocycles. The molecule has 1 aliphatic carbocycles. The number of hydrogen-bond donors (Lipinski definition) is 3. The average molecular weight is 477 g/mol. The van der Waals surface area contributed by atoms with Gasteiger partial charge in [0, 0.05) is 13.0 Å². The SMILES string of the molecule is CC(C)CC(NC(=O)c1cnn(C)c1NC(=O)OCC1c2ccccc2-c2ccccc21)C(=O)O. The molecule has 1 atom stereocenters. The maximum atomic E-state index is 12.8. The van der Waals surface area contributed by atoms with Gasteiger partial charge in [-0.1, -0.05) is 62.4 Å². The summed E-state index contributed by atoms with van der Waals surface area (Å²) in [5.74, 6) is -1.67. The predicted molar refractivity (Wildman–Crippen MR) is 130 cm³/mol. The molecule has 1 heterocycles. The van der Waals surface area contributed by atoms with Crippen molar-refractivity contribution in [1.82, 2.24) is 15.1 Å². The zero-order chi connectivity index (χ0) is 25.1. The van der Waals surface area contributed by atoms with Gasteiger partial charge in [-0.25, -0.2) is 9.59 Å². The van der Waals surface area contributed by atoms with Gasteiger partial charge in [0.1, 0.15) is 24.0 Å². The minimum absolute atomic E-state index is 0.0519. The van der Waals surface area contributed by atoms with Crippen LogP contribution in [-0.4, -0.2) is 45.5 Å². The molecular weight excluding hydrogens is 448 g/mol. The van der Waals surface area contributed by atoms with E-state index in [9.17, 15) is 19.5 Å². The lowest BCUT2D eigenvalue weighted by Crippen LogP contribution is -2.41. The summed E-state index contributed by atoms with van der Waals surface area (Å²) in [6.07, 6.45) is 0.820. The molecule has 3 aromatic rings. The molecule has 3 N–H and O–H groups in total. The lowest BCUT2D eigenvalue weighted by molar-refractivity contribution is -0.139. The van der Waals surface area contributed by atoms with Gasteiger partial charge in [-0.3, -0.25) is 14.8 Å². The first-order chi connectivity index (χ1) is 16.8.